The maximum Gasteiger partial charge on any atom is 0.219 e. The number of likely N-dealkylation sites (N-methyl/N-ethyl adjacent to an activating group) is 1. The summed E-state index contributed by atoms with van der Waals surface area (Å²) in [5.74, 6) is 1.67. The molecule has 3 heterocycles. The van der Waals surface area contributed by atoms with Gasteiger partial charge < -0.3 is 9.80 Å². The largest absolute Gasteiger partial charge is 0.342 e. The molecule has 114 valence electrons. The Morgan fingerprint density at radius 3 is 2.65 bits per heavy atom. The van der Waals surface area contributed by atoms with Crippen LogP contribution in [0.3, 0.4) is 0 Å². The first-order valence-corrected chi connectivity index (χ1v) is 8.22. The second-order valence-corrected chi connectivity index (χ2v) is 7.31. The highest BCUT2D eigenvalue weighted by molar-refractivity contribution is 5.73. The van der Waals surface area contributed by atoms with E-state index >= 15 is 0 Å². The van der Waals surface area contributed by atoms with Gasteiger partial charge in [-0.05, 0) is 51.7 Å². The van der Waals surface area contributed by atoms with E-state index in [1.807, 2.05) is 0 Å². The number of likely N-dealkylation sites (tertiary alicyclic amines) is 1. The summed E-state index contributed by atoms with van der Waals surface area (Å²) in [4.78, 5) is 19.1. The molecule has 0 N–H and O–H groups in total. The van der Waals surface area contributed by atoms with Crippen molar-refractivity contribution in [3.8, 4) is 0 Å². The second kappa shape index (κ2) is 5.64. The van der Waals surface area contributed by atoms with Crippen LogP contribution >= 0.6 is 0 Å². The first-order valence-electron chi connectivity index (χ1n) is 8.22. The number of hydrogen-bond acceptors (Lipinski definition) is 3. The third-order valence-electron chi connectivity index (χ3n) is 5.62. The number of carbonyl (C=O) groups is 1. The second-order valence-electron chi connectivity index (χ2n) is 7.31. The quantitative estimate of drug-likeness (QED) is 0.761. The molecule has 4 heteroatoms. The van der Waals surface area contributed by atoms with Crippen LogP contribution in [0.5, 0.6) is 0 Å². The molecule has 0 radical (unpaired) electrons. The highest BCUT2D eigenvalue weighted by Gasteiger charge is 2.47. The maximum atomic E-state index is 11.8. The van der Waals surface area contributed by atoms with Crippen molar-refractivity contribution in [1.29, 1.82) is 0 Å². The smallest absolute Gasteiger partial charge is 0.219 e. The van der Waals surface area contributed by atoms with Crippen molar-refractivity contribution in [2.45, 2.75) is 44.7 Å². The zero-order chi connectivity index (χ0) is 14.3. The Hall–Kier alpha value is -0.610. The SMILES string of the molecule is CC(=O)N1C[C@H]2C[C@@H](C1)[C@H](CN(C)C)N1CCCC[C@@H]21. The van der Waals surface area contributed by atoms with E-state index in [4.69, 9.17) is 0 Å². The summed E-state index contributed by atoms with van der Waals surface area (Å²) in [6.07, 6.45) is 5.41. The van der Waals surface area contributed by atoms with E-state index in [1.165, 1.54) is 32.2 Å². The summed E-state index contributed by atoms with van der Waals surface area (Å²) in [6.45, 7) is 6.13. The highest BCUT2D eigenvalue weighted by atomic mass is 16.2. The minimum absolute atomic E-state index is 0.271. The standard InChI is InChI=1S/C16H29N3O/c1-12(20)18-9-13-8-14(10-18)16(11-17(2)3)19-7-5-4-6-15(13)19/h13-16H,4-11H2,1-3H3/t13-,14+,15+,16+/m1/s1. The van der Waals surface area contributed by atoms with Crippen molar-refractivity contribution < 1.29 is 4.79 Å². The topological polar surface area (TPSA) is 26.8 Å². The van der Waals surface area contributed by atoms with Crippen molar-refractivity contribution in [3.05, 3.63) is 0 Å². The Kier molecular flexibility index (Phi) is 4.04. The van der Waals surface area contributed by atoms with E-state index in [9.17, 15) is 4.79 Å². The van der Waals surface area contributed by atoms with Crippen molar-refractivity contribution in [2.75, 3.05) is 40.3 Å². The number of hydrogen-bond donors (Lipinski definition) is 0. The molecule has 1 amide bonds. The molecule has 3 aliphatic rings. The summed E-state index contributed by atoms with van der Waals surface area (Å²) >= 11 is 0. The van der Waals surface area contributed by atoms with Gasteiger partial charge in [-0.15, -0.1) is 0 Å². The van der Waals surface area contributed by atoms with Crippen LogP contribution in [0.15, 0.2) is 0 Å². The van der Waals surface area contributed by atoms with Gasteiger partial charge in [-0.2, -0.15) is 0 Å². The van der Waals surface area contributed by atoms with Gasteiger partial charge in [-0.3, -0.25) is 9.69 Å². The predicted molar refractivity (Wildman–Crippen MR) is 80.5 cm³/mol. The third-order valence-corrected chi connectivity index (χ3v) is 5.62. The van der Waals surface area contributed by atoms with Gasteiger partial charge >= 0.3 is 0 Å². The fourth-order valence-electron chi connectivity index (χ4n) is 4.79. The van der Waals surface area contributed by atoms with Crippen LogP contribution in [-0.2, 0) is 4.79 Å². The fourth-order valence-corrected chi connectivity index (χ4v) is 4.79. The van der Waals surface area contributed by atoms with Gasteiger partial charge in [-0.1, -0.05) is 6.42 Å². The van der Waals surface area contributed by atoms with Crippen molar-refractivity contribution in [1.82, 2.24) is 14.7 Å². The fraction of sp³-hybridized carbons (Fsp3) is 0.938. The van der Waals surface area contributed by atoms with Crippen LogP contribution < -0.4 is 0 Å². The number of nitrogens with zero attached hydrogens (tertiary/aromatic N) is 3. The van der Waals surface area contributed by atoms with Crippen LogP contribution in [0.1, 0.15) is 32.6 Å². The normalized spacial score (nSPS) is 37.9. The zero-order valence-electron chi connectivity index (χ0n) is 13.2. The Balaban J connectivity index is 1.82. The molecule has 0 aromatic rings. The van der Waals surface area contributed by atoms with E-state index in [1.54, 1.807) is 6.92 Å². The molecule has 3 saturated heterocycles. The molecular weight excluding hydrogens is 250 g/mol. The van der Waals surface area contributed by atoms with Gasteiger partial charge in [0.05, 0.1) is 0 Å². The molecule has 20 heavy (non-hydrogen) atoms. The van der Waals surface area contributed by atoms with Crippen molar-refractivity contribution in [2.24, 2.45) is 11.8 Å². The molecule has 0 spiro atoms. The number of fused-ring (bicyclic) bond motifs is 4. The van der Waals surface area contributed by atoms with E-state index in [2.05, 4.69) is 28.8 Å². The van der Waals surface area contributed by atoms with Crippen LogP contribution in [0.25, 0.3) is 0 Å². The molecule has 0 aromatic heterocycles. The maximum absolute atomic E-state index is 11.8. The summed E-state index contributed by atoms with van der Waals surface area (Å²) < 4.78 is 0. The molecule has 3 rings (SSSR count). The molecule has 2 bridgehead atoms. The van der Waals surface area contributed by atoms with Crippen LogP contribution in [0.2, 0.25) is 0 Å². The minimum atomic E-state index is 0.271. The monoisotopic (exact) mass is 279 g/mol. The average molecular weight is 279 g/mol. The van der Waals surface area contributed by atoms with Gasteiger partial charge in [0.2, 0.25) is 5.91 Å². The Bertz CT molecular complexity index is 371. The average Bonchev–Trinajstić information content (AvgIpc) is 2.43. The van der Waals surface area contributed by atoms with Gasteiger partial charge in [0.1, 0.15) is 0 Å². The molecule has 3 fully saturated rings. The van der Waals surface area contributed by atoms with Gasteiger partial charge in [-0.25, -0.2) is 0 Å². The predicted octanol–water partition coefficient (Wildman–Crippen LogP) is 1.27. The molecule has 4 nitrogen and oxygen atoms in total. The van der Waals surface area contributed by atoms with E-state index < -0.39 is 0 Å². The molecule has 0 aromatic carbocycles. The summed E-state index contributed by atoms with van der Waals surface area (Å²) in [6, 6.07) is 1.38. The lowest BCUT2D eigenvalue weighted by Gasteiger charge is -2.57. The zero-order valence-corrected chi connectivity index (χ0v) is 13.2. The number of carbonyl (C=O) groups excluding carboxylic acids is 1. The first-order chi connectivity index (χ1) is 9.56. The minimum Gasteiger partial charge on any atom is -0.342 e. The Morgan fingerprint density at radius 1 is 1.20 bits per heavy atom. The van der Waals surface area contributed by atoms with E-state index in [-0.39, 0.29) is 5.91 Å². The molecule has 0 saturated carbocycles. The van der Waals surface area contributed by atoms with E-state index in [0.717, 1.165) is 31.6 Å². The number of rotatable bonds is 2. The lowest BCUT2D eigenvalue weighted by atomic mass is 9.72. The molecule has 4 atom stereocenters. The first kappa shape index (κ1) is 14.3. The summed E-state index contributed by atoms with van der Waals surface area (Å²) in [5.41, 5.74) is 0. The lowest BCUT2D eigenvalue weighted by molar-refractivity contribution is -0.139. The van der Waals surface area contributed by atoms with Gasteiger partial charge in [0.15, 0.2) is 0 Å². The molecule has 0 aliphatic carbocycles. The molecule has 0 unspecified atom stereocenters. The highest BCUT2D eigenvalue weighted by Crippen LogP contribution is 2.41. The van der Waals surface area contributed by atoms with Crippen LogP contribution in [0, 0.1) is 11.8 Å². The van der Waals surface area contributed by atoms with Gasteiger partial charge in [0, 0.05) is 38.6 Å². The Labute approximate surface area is 123 Å². The van der Waals surface area contributed by atoms with E-state index in [0.29, 0.717) is 12.0 Å². The summed E-state index contributed by atoms with van der Waals surface area (Å²) in [7, 11) is 4.35. The van der Waals surface area contributed by atoms with Crippen LogP contribution in [-0.4, -0.2) is 73.0 Å². The van der Waals surface area contributed by atoms with Gasteiger partial charge in [0.25, 0.3) is 0 Å². The lowest BCUT2D eigenvalue weighted by Crippen LogP contribution is -2.65. The Morgan fingerprint density at radius 2 is 1.95 bits per heavy atom. The number of amides is 1. The molecule has 3 aliphatic heterocycles. The van der Waals surface area contributed by atoms with Crippen molar-refractivity contribution >= 4 is 5.91 Å². The summed E-state index contributed by atoms with van der Waals surface area (Å²) in [5, 5.41) is 0. The van der Waals surface area contributed by atoms with Crippen molar-refractivity contribution in [3.63, 3.8) is 0 Å². The van der Waals surface area contributed by atoms with Crippen LogP contribution in [0.4, 0.5) is 0 Å². The number of piperidine rings is 3. The third kappa shape index (κ3) is 2.60. The molecular formula is C16H29N3O.